The third kappa shape index (κ3) is 3.47. The van der Waals surface area contributed by atoms with Gasteiger partial charge in [0.15, 0.2) is 11.5 Å². The lowest BCUT2D eigenvalue weighted by molar-refractivity contribution is 0.351. The first kappa shape index (κ1) is 15.2. The van der Waals surface area contributed by atoms with Crippen molar-refractivity contribution in [3.8, 4) is 17.6 Å². The van der Waals surface area contributed by atoms with Gasteiger partial charge >= 0.3 is 0 Å². The van der Waals surface area contributed by atoms with E-state index in [0.29, 0.717) is 11.5 Å². The van der Waals surface area contributed by atoms with Crippen molar-refractivity contribution in [1.82, 2.24) is 0 Å². The van der Waals surface area contributed by atoms with Gasteiger partial charge in [0.05, 0.1) is 20.3 Å². The van der Waals surface area contributed by atoms with E-state index in [-0.39, 0.29) is 0 Å². The molecule has 0 radical (unpaired) electrons. The van der Waals surface area contributed by atoms with Gasteiger partial charge in [0, 0.05) is 15.7 Å². The average Bonchev–Trinajstić information content (AvgIpc) is 2.53. The molecule has 21 heavy (non-hydrogen) atoms. The molecule has 1 N–H and O–H groups in total. The third-order valence-corrected chi connectivity index (χ3v) is 3.56. The van der Waals surface area contributed by atoms with E-state index in [1.54, 1.807) is 20.3 Å². The summed E-state index contributed by atoms with van der Waals surface area (Å²) >= 11 is 3.39. The average molecular weight is 347 g/mol. The van der Waals surface area contributed by atoms with Gasteiger partial charge in [-0.25, -0.2) is 0 Å². The Kier molecular flexibility index (Phi) is 5.07. The second-order valence-electron chi connectivity index (χ2n) is 4.30. The number of ether oxygens (including phenoxy) is 2. The van der Waals surface area contributed by atoms with Crippen molar-refractivity contribution in [2.24, 2.45) is 0 Å². The smallest absolute Gasteiger partial charge is 0.167 e. The van der Waals surface area contributed by atoms with Gasteiger partial charge in [0.1, 0.15) is 6.04 Å². The molecule has 2 aromatic carbocycles. The maximum Gasteiger partial charge on any atom is 0.167 e. The summed E-state index contributed by atoms with van der Waals surface area (Å²) in [5.41, 5.74) is 1.59. The number of methoxy groups -OCH3 is 2. The largest absolute Gasteiger partial charge is 0.493 e. The minimum atomic E-state index is -0.531. The number of anilines is 1. The predicted molar refractivity (Wildman–Crippen MR) is 85.7 cm³/mol. The van der Waals surface area contributed by atoms with Crippen molar-refractivity contribution in [3.05, 3.63) is 52.5 Å². The quantitative estimate of drug-likeness (QED) is 0.883. The van der Waals surface area contributed by atoms with Crippen LogP contribution < -0.4 is 14.8 Å². The number of nitrogens with zero attached hydrogens (tertiary/aromatic N) is 1. The lowest BCUT2D eigenvalue weighted by Gasteiger charge is -2.18. The zero-order chi connectivity index (χ0) is 15.2. The third-order valence-electron chi connectivity index (χ3n) is 3.03. The Morgan fingerprint density at radius 1 is 1.10 bits per heavy atom. The molecule has 5 heteroatoms. The van der Waals surface area contributed by atoms with Crippen LogP contribution in [0.5, 0.6) is 11.5 Å². The number of para-hydroxylation sites is 1. The Balaban J connectivity index is 2.34. The lowest BCUT2D eigenvalue weighted by Crippen LogP contribution is -2.10. The van der Waals surface area contributed by atoms with Crippen LogP contribution in [0, 0.1) is 11.3 Å². The van der Waals surface area contributed by atoms with Crippen LogP contribution in [0.25, 0.3) is 0 Å². The number of rotatable bonds is 5. The first-order valence-electron chi connectivity index (χ1n) is 6.32. The van der Waals surface area contributed by atoms with Crippen LogP contribution in [0.15, 0.2) is 46.9 Å². The summed E-state index contributed by atoms with van der Waals surface area (Å²) in [5, 5.41) is 12.6. The molecule has 0 aliphatic rings. The molecule has 2 rings (SSSR count). The summed E-state index contributed by atoms with van der Waals surface area (Å²) in [6, 6.07) is 14.8. The van der Waals surface area contributed by atoms with E-state index in [1.165, 1.54) is 0 Å². The second kappa shape index (κ2) is 7.00. The van der Waals surface area contributed by atoms with Gasteiger partial charge in [-0.05, 0) is 30.3 Å². The Hall–Kier alpha value is -2.19. The molecule has 4 nitrogen and oxygen atoms in total. The van der Waals surface area contributed by atoms with Gasteiger partial charge in [0.25, 0.3) is 0 Å². The molecule has 2 aromatic rings. The van der Waals surface area contributed by atoms with Gasteiger partial charge < -0.3 is 14.8 Å². The monoisotopic (exact) mass is 346 g/mol. The Labute approximate surface area is 132 Å². The summed E-state index contributed by atoms with van der Waals surface area (Å²) < 4.78 is 11.6. The van der Waals surface area contributed by atoms with Crippen LogP contribution in [-0.4, -0.2) is 14.2 Å². The summed E-state index contributed by atoms with van der Waals surface area (Å²) in [6.07, 6.45) is 0. The summed E-state index contributed by atoms with van der Waals surface area (Å²) in [4.78, 5) is 0. The first-order chi connectivity index (χ1) is 10.2. The molecule has 0 fully saturated rings. The number of benzene rings is 2. The van der Waals surface area contributed by atoms with E-state index in [2.05, 4.69) is 27.3 Å². The molecule has 108 valence electrons. The van der Waals surface area contributed by atoms with Crippen molar-refractivity contribution in [2.45, 2.75) is 6.04 Å². The van der Waals surface area contributed by atoms with Crippen LogP contribution in [0.4, 0.5) is 5.69 Å². The van der Waals surface area contributed by atoms with Gasteiger partial charge in [-0.15, -0.1) is 0 Å². The maximum absolute atomic E-state index is 9.46. The molecule has 1 atom stereocenters. The van der Waals surface area contributed by atoms with E-state index < -0.39 is 6.04 Å². The topological polar surface area (TPSA) is 54.3 Å². The minimum Gasteiger partial charge on any atom is -0.493 e. The van der Waals surface area contributed by atoms with Crippen molar-refractivity contribution >= 4 is 21.6 Å². The van der Waals surface area contributed by atoms with E-state index >= 15 is 0 Å². The lowest BCUT2D eigenvalue weighted by atomic mass is 10.1. The Bertz CT molecular complexity index is 650. The number of halogens is 1. The fraction of sp³-hybridized carbons (Fsp3) is 0.188. The molecule has 0 saturated carbocycles. The highest BCUT2D eigenvalue weighted by Gasteiger charge is 2.18. The second-order valence-corrected chi connectivity index (χ2v) is 5.21. The Morgan fingerprint density at radius 3 is 2.38 bits per heavy atom. The molecule has 0 spiro atoms. The fourth-order valence-electron chi connectivity index (χ4n) is 2.03. The SMILES string of the molecule is COc1cccc(C(C#N)Nc2ccc(Br)cc2)c1OC. The highest BCUT2D eigenvalue weighted by molar-refractivity contribution is 9.10. The number of nitrogens with one attached hydrogen (secondary N) is 1. The molecule has 0 bridgehead atoms. The highest BCUT2D eigenvalue weighted by Crippen LogP contribution is 2.35. The summed E-state index contributed by atoms with van der Waals surface area (Å²) in [7, 11) is 3.14. The number of hydrogen-bond donors (Lipinski definition) is 1. The van der Waals surface area contributed by atoms with Crippen LogP contribution in [0.2, 0.25) is 0 Å². The van der Waals surface area contributed by atoms with Gasteiger partial charge in [-0.2, -0.15) is 5.26 Å². The standard InChI is InChI=1S/C16H15BrN2O2/c1-20-15-5-3-4-13(16(15)21-2)14(10-18)19-12-8-6-11(17)7-9-12/h3-9,14,19H,1-2H3. The maximum atomic E-state index is 9.46. The van der Waals surface area contributed by atoms with E-state index in [9.17, 15) is 5.26 Å². The molecule has 0 amide bonds. The molecule has 0 heterocycles. The van der Waals surface area contributed by atoms with Crippen molar-refractivity contribution in [3.63, 3.8) is 0 Å². The van der Waals surface area contributed by atoms with Crippen LogP contribution in [0.1, 0.15) is 11.6 Å². The molecular weight excluding hydrogens is 332 g/mol. The minimum absolute atomic E-state index is 0.531. The zero-order valence-corrected chi connectivity index (χ0v) is 13.3. The van der Waals surface area contributed by atoms with E-state index in [4.69, 9.17) is 9.47 Å². The van der Waals surface area contributed by atoms with Crippen LogP contribution >= 0.6 is 15.9 Å². The predicted octanol–water partition coefficient (Wildman–Crippen LogP) is 4.14. The Morgan fingerprint density at radius 2 is 1.81 bits per heavy atom. The van der Waals surface area contributed by atoms with Gasteiger partial charge in [0.2, 0.25) is 0 Å². The fourth-order valence-corrected chi connectivity index (χ4v) is 2.30. The zero-order valence-electron chi connectivity index (χ0n) is 11.8. The molecule has 0 aliphatic carbocycles. The van der Waals surface area contributed by atoms with Gasteiger partial charge in [-0.1, -0.05) is 28.1 Å². The molecule has 0 aromatic heterocycles. The normalized spacial score (nSPS) is 11.3. The van der Waals surface area contributed by atoms with Gasteiger partial charge in [-0.3, -0.25) is 0 Å². The summed E-state index contributed by atoms with van der Waals surface area (Å²) in [6.45, 7) is 0. The first-order valence-corrected chi connectivity index (χ1v) is 7.11. The van der Waals surface area contributed by atoms with Crippen molar-refractivity contribution in [1.29, 1.82) is 5.26 Å². The molecule has 0 aliphatic heterocycles. The van der Waals surface area contributed by atoms with E-state index in [1.807, 2.05) is 36.4 Å². The highest BCUT2D eigenvalue weighted by atomic mass is 79.9. The van der Waals surface area contributed by atoms with Crippen molar-refractivity contribution in [2.75, 3.05) is 19.5 Å². The van der Waals surface area contributed by atoms with Crippen LogP contribution in [-0.2, 0) is 0 Å². The number of nitriles is 1. The molecule has 0 saturated heterocycles. The molecular formula is C16H15BrN2O2. The number of hydrogen-bond acceptors (Lipinski definition) is 4. The summed E-state index contributed by atoms with van der Waals surface area (Å²) in [5.74, 6) is 1.17. The van der Waals surface area contributed by atoms with Crippen molar-refractivity contribution < 1.29 is 9.47 Å². The van der Waals surface area contributed by atoms with E-state index in [0.717, 1.165) is 15.7 Å². The molecule has 1 unspecified atom stereocenters. The van der Waals surface area contributed by atoms with Crippen LogP contribution in [0.3, 0.4) is 0 Å².